The van der Waals surface area contributed by atoms with Crippen molar-refractivity contribution in [2.45, 2.75) is 37.1 Å². The minimum absolute atomic E-state index is 0.0200. The Morgan fingerprint density at radius 3 is 3.08 bits per heavy atom. The SMILES string of the molecule is C=CCn1c(SC[C@@H]2CCCCO2)nc2scc(-c3cccs3)c2c1=O. The summed E-state index contributed by atoms with van der Waals surface area (Å²) in [5, 5.41) is 5.55. The highest BCUT2D eigenvalue weighted by atomic mass is 32.2. The number of aromatic nitrogens is 2. The molecule has 3 aromatic heterocycles. The molecule has 0 amide bonds. The Labute approximate surface area is 164 Å². The third kappa shape index (κ3) is 3.53. The van der Waals surface area contributed by atoms with E-state index < -0.39 is 0 Å². The highest BCUT2D eigenvalue weighted by molar-refractivity contribution is 7.99. The molecule has 4 nitrogen and oxygen atoms in total. The molecule has 0 saturated carbocycles. The molecule has 0 radical (unpaired) electrons. The second kappa shape index (κ2) is 8.08. The van der Waals surface area contributed by atoms with Crippen LogP contribution in [0.1, 0.15) is 19.3 Å². The van der Waals surface area contributed by atoms with E-state index in [9.17, 15) is 4.79 Å². The van der Waals surface area contributed by atoms with Crippen LogP contribution in [0.4, 0.5) is 0 Å². The molecule has 0 spiro atoms. The van der Waals surface area contributed by atoms with Crippen molar-refractivity contribution in [1.82, 2.24) is 9.55 Å². The lowest BCUT2D eigenvalue weighted by atomic mass is 10.1. The summed E-state index contributed by atoms with van der Waals surface area (Å²) in [6, 6.07) is 4.06. The van der Waals surface area contributed by atoms with Gasteiger partial charge in [0.25, 0.3) is 5.56 Å². The van der Waals surface area contributed by atoms with Gasteiger partial charge in [0.05, 0.1) is 11.5 Å². The first kappa shape index (κ1) is 18.0. The van der Waals surface area contributed by atoms with Gasteiger partial charge in [-0.25, -0.2) is 4.98 Å². The van der Waals surface area contributed by atoms with Crippen LogP contribution in [0, 0.1) is 0 Å². The second-order valence-electron chi connectivity index (χ2n) is 6.21. The van der Waals surface area contributed by atoms with E-state index in [1.807, 2.05) is 22.9 Å². The fourth-order valence-electron chi connectivity index (χ4n) is 3.13. The topological polar surface area (TPSA) is 44.1 Å². The van der Waals surface area contributed by atoms with Crippen LogP contribution in [0.15, 0.2) is 45.5 Å². The third-order valence-corrected chi connectivity index (χ3v) is 7.31. The maximum Gasteiger partial charge on any atom is 0.263 e. The Hall–Kier alpha value is -1.41. The van der Waals surface area contributed by atoms with Crippen LogP contribution in [0.5, 0.6) is 0 Å². The molecular formula is C19H20N2O2S3. The van der Waals surface area contributed by atoms with E-state index in [-0.39, 0.29) is 11.7 Å². The molecule has 26 heavy (non-hydrogen) atoms. The van der Waals surface area contributed by atoms with Crippen LogP contribution in [-0.4, -0.2) is 28.0 Å². The van der Waals surface area contributed by atoms with Crippen molar-refractivity contribution in [3.8, 4) is 10.4 Å². The van der Waals surface area contributed by atoms with Crippen molar-refractivity contribution in [2.24, 2.45) is 0 Å². The summed E-state index contributed by atoms with van der Waals surface area (Å²) >= 11 is 4.80. The van der Waals surface area contributed by atoms with E-state index in [1.54, 1.807) is 45.1 Å². The minimum Gasteiger partial charge on any atom is -0.377 e. The molecule has 136 valence electrons. The van der Waals surface area contributed by atoms with E-state index in [0.717, 1.165) is 51.0 Å². The van der Waals surface area contributed by atoms with Crippen LogP contribution in [-0.2, 0) is 11.3 Å². The first-order valence-electron chi connectivity index (χ1n) is 8.69. The summed E-state index contributed by atoms with van der Waals surface area (Å²) in [7, 11) is 0. The molecule has 4 rings (SSSR count). The fraction of sp³-hybridized carbons (Fsp3) is 0.368. The van der Waals surface area contributed by atoms with Gasteiger partial charge in [0.15, 0.2) is 5.16 Å². The average molecular weight is 405 g/mol. The van der Waals surface area contributed by atoms with Crippen molar-refractivity contribution < 1.29 is 4.74 Å². The largest absolute Gasteiger partial charge is 0.377 e. The Morgan fingerprint density at radius 1 is 1.42 bits per heavy atom. The molecular weight excluding hydrogens is 384 g/mol. The number of thioether (sulfide) groups is 1. The van der Waals surface area contributed by atoms with Crippen molar-refractivity contribution >= 4 is 44.7 Å². The fourth-order valence-corrected chi connectivity index (χ4v) is 6.00. The Balaban J connectivity index is 1.72. The number of fused-ring (bicyclic) bond motifs is 1. The second-order valence-corrected chi connectivity index (χ2v) is 9.00. The molecule has 1 aliphatic heterocycles. The molecule has 3 aromatic rings. The zero-order valence-corrected chi connectivity index (χ0v) is 16.8. The molecule has 0 unspecified atom stereocenters. The highest BCUT2D eigenvalue weighted by Crippen LogP contribution is 2.34. The van der Waals surface area contributed by atoms with Crippen LogP contribution in [0.3, 0.4) is 0 Å². The number of thiophene rings is 2. The Kier molecular flexibility index (Phi) is 5.59. The van der Waals surface area contributed by atoms with Crippen molar-refractivity contribution in [2.75, 3.05) is 12.4 Å². The monoisotopic (exact) mass is 404 g/mol. The molecule has 1 saturated heterocycles. The molecule has 4 heterocycles. The number of rotatable bonds is 6. The van der Waals surface area contributed by atoms with Gasteiger partial charge in [-0.05, 0) is 30.7 Å². The lowest BCUT2D eigenvalue weighted by Crippen LogP contribution is -2.25. The predicted molar refractivity (Wildman–Crippen MR) is 112 cm³/mol. The van der Waals surface area contributed by atoms with Gasteiger partial charge in [0.1, 0.15) is 4.83 Å². The highest BCUT2D eigenvalue weighted by Gasteiger charge is 2.19. The number of allylic oxidation sites excluding steroid dienone is 1. The molecule has 7 heteroatoms. The Morgan fingerprint density at radius 2 is 2.35 bits per heavy atom. The van der Waals surface area contributed by atoms with Gasteiger partial charge < -0.3 is 4.74 Å². The maximum atomic E-state index is 13.2. The van der Waals surface area contributed by atoms with E-state index in [2.05, 4.69) is 6.58 Å². The summed E-state index contributed by atoms with van der Waals surface area (Å²) in [5.41, 5.74) is 1.01. The first-order valence-corrected chi connectivity index (χ1v) is 11.4. The summed E-state index contributed by atoms with van der Waals surface area (Å²) in [6.45, 7) is 5.12. The van der Waals surface area contributed by atoms with Gasteiger partial charge in [-0.3, -0.25) is 9.36 Å². The van der Waals surface area contributed by atoms with E-state index in [4.69, 9.17) is 9.72 Å². The first-order chi connectivity index (χ1) is 12.8. The molecule has 0 bridgehead atoms. The van der Waals surface area contributed by atoms with E-state index in [1.165, 1.54) is 6.42 Å². The molecule has 0 N–H and O–H groups in total. The lowest BCUT2D eigenvalue weighted by Gasteiger charge is -2.22. The maximum absolute atomic E-state index is 13.2. The van der Waals surface area contributed by atoms with Gasteiger partial charge >= 0.3 is 0 Å². The number of hydrogen-bond donors (Lipinski definition) is 0. The van der Waals surface area contributed by atoms with Crippen LogP contribution in [0.25, 0.3) is 20.7 Å². The Bertz CT molecular complexity index is 953. The molecule has 0 aromatic carbocycles. The van der Waals surface area contributed by atoms with Crippen molar-refractivity contribution in [3.63, 3.8) is 0 Å². The number of hydrogen-bond acceptors (Lipinski definition) is 6. The molecule has 1 atom stereocenters. The van der Waals surface area contributed by atoms with E-state index >= 15 is 0 Å². The lowest BCUT2D eigenvalue weighted by molar-refractivity contribution is 0.0315. The van der Waals surface area contributed by atoms with Crippen molar-refractivity contribution in [3.05, 3.63) is 45.9 Å². The molecule has 1 aliphatic rings. The minimum atomic E-state index is 0.0200. The van der Waals surface area contributed by atoms with Gasteiger partial charge in [-0.15, -0.1) is 29.3 Å². The van der Waals surface area contributed by atoms with Crippen LogP contribution >= 0.6 is 34.4 Å². The average Bonchev–Trinajstić information content (AvgIpc) is 3.33. The quantitative estimate of drug-likeness (QED) is 0.328. The zero-order valence-electron chi connectivity index (χ0n) is 14.3. The number of ether oxygens (including phenoxy) is 1. The summed E-state index contributed by atoms with van der Waals surface area (Å²) in [6.07, 6.45) is 5.46. The zero-order chi connectivity index (χ0) is 17.9. The summed E-state index contributed by atoms with van der Waals surface area (Å²) in [5.74, 6) is 0.832. The van der Waals surface area contributed by atoms with Crippen LogP contribution in [0.2, 0.25) is 0 Å². The van der Waals surface area contributed by atoms with Gasteiger partial charge in [0.2, 0.25) is 0 Å². The predicted octanol–water partition coefficient (Wildman–Crippen LogP) is 5.03. The summed E-state index contributed by atoms with van der Waals surface area (Å²) < 4.78 is 7.56. The van der Waals surface area contributed by atoms with E-state index in [0.29, 0.717) is 6.54 Å². The smallest absolute Gasteiger partial charge is 0.263 e. The number of nitrogens with zero attached hydrogens (tertiary/aromatic N) is 2. The third-order valence-electron chi connectivity index (χ3n) is 4.43. The van der Waals surface area contributed by atoms with Crippen molar-refractivity contribution in [1.29, 1.82) is 0 Å². The molecule has 1 fully saturated rings. The normalized spacial score (nSPS) is 17.6. The van der Waals surface area contributed by atoms with Gasteiger partial charge in [0, 0.05) is 34.7 Å². The summed E-state index contributed by atoms with van der Waals surface area (Å²) in [4.78, 5) is 19.9. The van der Waals surface area contributed by atoms with Crippen LogP contribution < -0.4 is 5.56 Å². The molecule has 0 aliphatic carbocycles. The van der Waals surface area contributed by atoms with Gasteiger partial charge in [-0.1, -0.05) is 23.9 Å². The van der Waals surface area contributed by atoms with Gasteiger partial charge in [-0.2, -0.15) is 0 Å². The standard InChI is InChI=1S/C19H20N2O2S3/c1-2-8-21-18(22)16-14(15-7-5-10-24-15)12-25-17(16)20-19(21)26-11-13-6-3-4-9-23-13/h2,5,7,10,12-13H,1,3-4,6,8-9,11H2/t13-/m0/s1.